The fourth-order valence-corrected chi connectivity index (χ4v) is 3.95. The maximum Gasteiger partial charge on any atom is 0.262 e. The average molecular weight is 423 g/mol. The molecule has 29 heavy (non-hydrogen) atoms. The number of nitrogens with zero attached hydrogens (tertiary/aromatic N) is 1. The average Bonchev–Trinajstić information content (AvgIpc) is 2.68. The Morgan fingerprint density at radius 1 is 1.24 bits per heavy atom. The number of hydrogen-bond acceptors (Lipinski definition) is 4. The molecule has 0 unspecified atom stereocenters. The van der Waals surface area contributed by atoms with Gasteiger partial charge in [0.1, 0.15) is 23.0 Å². The molecule has 4 rings (SSSR count). The van der Waals surface area contributed by atoms with Crippen molar-refractivity contribution in [2.45, 2.75) is 19.8 Å². The molecule has 0 radical (unpaired) electrons. The zero-order valence-electron chi connectivity index (χ0n) is 15.9. The molecule has 0 spiro atoms. The first-order valence-corrected chi connectivity index (χ1v) is 9.88. The van der Waals surface area contributed by atoms with Crippen molar-refractivity contribution < 1.29 is 23.0 Å². The number of rotatable bonds is 4. The van der Waals surface area contributed by atoms with Gasteiger partial charge in [-0.15, -0.1) is 0 Å². The van der Waals surface area contributed by atoms with E-state index in [0.717, 1.165) is 12.8 Å². The lowest BCUT2D eigenvalue weighted by Gasteiger charge is -2.34. The Labute approximate surface area is 172 Å². The van der Waals surface area contributed by atoms with Gasteiger partial charge in [0.05, 0.1) is 11.6 Å². The van der Waals surface area contributed by atoms with Gasteiger partial charge < -0.3 is 19.7 Å². The summed E-state index contributed by atoms with van der Waals surface area (Å²) in [5.41, 5.74) is 1.03. The van der Waals surface area contributed by atoms with Gasteiger partial charge in [0.2, 0.25) is 0 Å². The number of amides is 1. The van der Waals surface area contributed by atoms with Gasteiger partial charge in [0.25, 0.3) is 5.91 Å². The molecule has 1 fully saturated rings. The number of carbonyl (C=O) groups is 1. The third-order valence-electron chi connectivity index (χ3n) is 5.25. The maximum atomic E-state index is 14.2. The van der Waals surface area contributed by atoms with Crippen molar-refractivity contribution in [1.29, 1.82) is 0 Å². The minimum Gasteiger partial charge on any atom is -0.489 e. The van der Waals surface area contributed by atoms with E-state index in [1.807, 2.05) is 0 Å². The first-order chi connectivity index (χ1) is 13.9. The Morgan fingerprint density at radius 3 is 2.62 bits per heavy atom. The second-order valence-corrected chi connectivity index (χ2v) is 7.81. The van der Waals surface area contributed by atoms with Crippen LogP contribution < -0.4 is 19.7 Å². The monoisotopic (exact) mass is 422 g/mol. The molecule has 1 N–H and O–H groups in total. The highest BCUT2D eigenvalue weighted by Gasteiger charge is 2.26. The summed E-state index contributed by atoms with van der Waals surface area (Å²) in [4.78, 5) is 13.3. The lowest BCUT2D eigenvalue weighted by Crippen LogP contribution is -2.36. The van der Waals surface area contributed by atoms with Gasteiger partial charge in [-0.1, -0.05) is 11.6 Å². The van der Waals surface area contributed by atoms with E-state index in [4.69, 9.17) is 21.1 Å². The second-order valence-electron chi connectivity index (χ2n) is 7.41. The molecule has 2 heterocycles. The highest BCUT2D eigenvalue weighted by atomic mass is 35.5. The first kappa shape index (κ1) is 19.8. The summed E-state index contributed by atoms with van der Waals surface area (Å²) >= 11 is 6.12. The van der Waals surface area contributed by atoms with Gasteiger partial charge in [-0.3, -0.25) is 4.79 Å². The molecule has 0 bridgehead atoms. The SMILES string of the molecule is Cc1cc(F)c(N2CCC(COc3ccc(Cl)c4c3OCC(=O)N4)CC2)c(F)c1. The molecule has 2 aromatic carbocycles. The molecule has 8 heteroatoms. The summed E-state index contributed by atoms with van der Waals surface area (Å²) in [5, 5.41) is 3.08. The number of benzene rings is 2. The fourth-order valence-electron chi connectivity index (χ4n) is 3.75. The van der Waals surface area contributed by atoms with Crippen LogP contribution in [-0.2, 0) is 4.79 Å². The van der Waals surface area contributed by atoms with Crippen molar-refractivity contribution in [3.63, 3.8) is 0 Å². The third-order valence-corrected chi connectivity index (χ3v) is 5.56. The second kappa shape index (κ2) is 8.06. The van der Waals surface area contributed by atoms with Crippen molar-refractivity contribution in [2.24, 2.45) is 5.92 Å². The van der Waals surface area contributed by atoms with Crippen molar-refractivity contribution in [1.82, 2.24) is 0 Å². The Morgan fingerprint density at radius 2 is 1.93 bits per heavy atom. The quantitative estimate of drug-likeness (QED) is 0.785. The van der Waals surface area contributed by atoms with Crippen molar-refractivity contribution >= 4 is 28.9 Å². The molecule has 0 saturated carbocycles. The van der Waals surface area contributed by atoms with E-state index in [-0.39, 0.29) is 24.1 Å². The molecule has 2 aliphatic heterocycles. The maximum absolute atomic E-state index is 14.2. The normalized spacial score (nSPS) is 16.8. The van der Waals surface area contributed by atoms with Gasteiger partial charge in [0.15, 0.2) is 18.1 Å². The standard InChI is InChI=1S/C21H21ClF2N2O3/c1-12-8-15(23)20(16(24)9-12)26-6-4-13(5-7-26)10-28-17-3-2-14(22)19-21(17)29-11-18(27)25-19/h2-3,8-9,13H,4-7,10-11H2,1H3,(H,25,27). The fraction of sp³-hybridized carbons (Fsp3) is 0.381. The number of halogens is 3. The van der Waals surface area contributed by atoms with Crippen LogP contribution in [0.2, 0.25) is 5.02 Å². The molecule has 1 amide bonds. The summed E-state index contributed by atoms with van der Waals surface area (Å²) in [6.45, 7) is 3.13. The molecule has 1 saturated heterocycles. The highest BCUT2D eigenvalue weighted by Crippen LogP contribution is 2.42. The number of piperidine rings is 1. The van der Waals surface area contributed by atoms with E-state index in [2.05, 4.69) is 5.32 Å². The summed E-state index contributed by atoms with van der Waals surface area (Å²) < 4.78 is 39.9. The molecule has 0 atom stereocenters. The van der Waals surface area contributed by atoms with Crippen molar-refractivity contribution in [2.75, 3.05) is 36.5 Å². The van der Waals surface area contributed by atoms with E-state index >= 15 is 0 Å². The molecule has 2 aromatic rings. The highest BCUT2D eigenvalue weighted by molar-refractivity contribution is 6.34. The van der Waals surface area contributed by atoms with Crippen LogP contribution in [0.4, 0.5) is 20.2 Å². The van der Waals surface area contributed by atoms with Gasteiger partial charge in [-0.25, -0.2) is 8.78 Å². The van der Waals surface area contributed by atoms with Gasteiger partial charge >= 0.3 is 0 Å². The van der Waals surface area contributed by atoms with Crippen LogP contribution in [0.1, 0.15) is 18.4 Å². The summed E-state index contributed by atoms with van der Waals surface area (Å²) in [7, 11) is 0. The van der Waals surface area contributed by atoms with Gasteiger partial charge in [-0.05, 0) is 55.5 Å². The number of hydrogen-bond donors (Lipinski definition) is 1. The van der Waals surface area contributed by atoms with Crippen molar-refractivity contribution in [3.8, 4) is 11.5 Å². The summed E-state index contributed by atoms with van der Waals surface area (Å²) in [6.07, 6.45) is 1.50. The van der Waals surface area contributed by atoms with Crippen LogP contribution in [0.3, 0.4) is 0 Å². The summed E-state index contributed by atoms with van der Waals surface area (Å²) in [6, 6.07) is 6.08. The molecule has 0 aliphatic carbocycles. The van der Waals surface area contributed by atoms with Crippen LogP contribution in [0, 0.1) is 24.5 Å². The predicted molar refractivity (Wildman–Crippen MR) is 107 cm³/mol. The number of aryl methyl sites for hydroxylation is 1. The zero-order valence-corrected chi connectivity index (χ0v) is 16.7. The summed E-state index contributed by atoms with van der Waals surface area (Å²) in [5.74, 6) is -0.124. The zero-order chi connectivity index (χ0) is 20.5. The molecular formula is C21H21ClF2N2O3. The Bertz CT molecular complexity index is 923. The third kappa shape index (κ3) is 4.10. The number of ether oxygens (including phenoxy) is 2. The molecule has 154 valence electrons. The van der Waals surface area contributed by atoms with E-state index in [9.17, 15) is 13.6 Å². The minimum absolute atomic E-state index is 0.0471. The number of fused-ring (bicyclic) bond motifs is 1. The van der Waals surface area contributed by atoms with Crippen molar-refractivity contribution in [3.05, 3.63) is 46.5 Å². The van der Waals surface area contributed by atoms with E-state index in [0.29, 0.717) is 47.5 Å². The van der Waals surface area contributed by atoms with E-state index in [1.165, 1.54) is 12.1 Å². The largest absolute Gasteiger partial charge is 0.489 e. The Kier molecular flexibility index (Phi) is 5.50. The molecule has 0 aromatic heterocycles. The Balaban J connectivity index is 1.38. The van der Waals surface area contributed by atoms with Gasteiger partial charge in [0, 0.05) is 13.1 Å². The van der Waals surface area contributed by atoms with Crippen LogP contribution in [0.5, 0.6) is 11.5 Å². The molecule has 5 nitrogen and oxygen atoms in total. The smallest absolute Gasteiger partial charge is 0.262 e. The molecule has 2 aliphatic rings. The van der Waals surface area contributed by atoms with E-state index < -0.39 is 11.6 Å². The van der Waals surface area contributed by atoms with Crippen LogP contribution in [0.15, 0.2) is 24.3 Å². The van der Waals surface area contributed by atoms with Crippen LogP contribution >= 0.6 is 11.6 Å². The lowest BCUT2D eigenvalue weighted by atomic mass is 9.97. The topological polar surface area (TPSA) is 50.8 Å². The van der Waals surface area contributed by atoms with E-state index in [1.54, 1.807) is 24.0 Å². The first-order valence-electron chi connectivity index (χ1n) is 9.51. The van der Waals surface area contributed by atoms with Crippen LogP contribution in [0.25, 0.3) is 0 Å². The van der Waals surface area contributed by atoms with Crippen LogP contribution in [-0.4, -0.2) is 32.2 Å². The van der Waals surface area contributed by atoms with Gasteiger partial charge in [-0.2, -0.15) is 0 Å². The predicted octanol–water partition coefficient (Wildman–Crippen LogP) is 4.55. The molecular weight excluding hydrogens is 402 g/mol. The lowest BCUT2D eigenvalue weighted by molar-refractivity contribution is -0.118. The number of nitrogens with one attached hydrogen (secondary N) is 1. The number of anilines is 2. The Hall–Kier alpha value is -2.54. The minimum atomic E-state index is -0.524. The number of carbonyl (C=O) groups excluding carboxylic acids is 1.